The molecule has 1 aliphatic rings. The molecule has 0 aliphatic heterocycles. The Balaban J connectivity index is 1.61. The van der Waals surface area contributed by atoms with Crippen molar-refractivity contribution < 1.29 is 4.74 Å². The predicted octanol–water partition coefficient (Wildman–Crippen LogP) is 5.58. The number of hydrogen-bond acceptors (Lipinski definition) is 3. The maximum atomic E-state index is 5.29. The van der Waals surface area contributed by atoms with Gasteiger partial charge in [0, 0.05) is 10.9 Å². The van der Waals surface area contributed by atoms with E-state index in [1.807, 2.05) is 35.1 Å². The van der Waals surface area contributed by atoms with Crippen molar-refractivity contribution >= 4 is 10.9 Å². The normalized spacial score (nSPS) is 14.7. The maximum Gasteiger partial charge on any atom is 0.119 e. The molecule has 0 unspecified atom stereocenters. The Kier molecular flexibility index (Phi) is 4.58. The summed E-state index contributed by atoms with van der Waals surface area (Å²) in [6.45, 7) is 2.19. The molecule has 5 rings (SSSR count). The quantitative estimate of drug-likeness (QED) is 0.450. The van der Waals surface area contributed by atoms with Crippen molar-refractivity contribution in [3.63, 3.8) is 0 Å². The van der Waals surface area contributed by atoms with Gasteiger partial charge >= 0.3 is 0 Å². The minimum Gasteiger partial charge on any atom is -0.497 e. The van der Waals surface area contributed by atoms with Crippen LogP contribution in [0.4, 0.5) is 0 Å². The van der Waals surface area contributed by atoms with E-state index in [1.165, 1.54) is 42.3 Å². The number of aromatic nitrogens is 4. The van der Waals surface area contributed by atoms with Crippen LogP contribution in [-0.2, 0) is 6.42 Å². The molecule has 29 heavy (non-hydrogen) atoms. The van der Waals surface area contributed by atoms with Gasteiger partial charge in [-0.05, 0) is 55.7 Å². The van der Waals surface area contributed by atoms with Crippen LogP contribution in [0.1, 0.15) is 44.3 Å². The summed E-state index contributed by atoms with van der Waals surface area (Å²) in [5, 5.41) is 10.8. The number of hydrogen-bond donors (Lipinski definition) is 0. The fourth-order valence-corrected chi connectivity index (χ4v) is 4.50. The molecule has 0 spiro atoms. The van der Waals surface area contributed by atoms with Crippen LogP contribution in [0.5, 0.6) is 5.75 Å². The van der Waals surface area contributed by atoms with Gasteiger partial charge < -0.3 is 4.74 Å². The van der Waals surface area contributed by atoms with E-state index in [2.05, 4.69) is 41.0 Å². The fourth-order valence-electron chi connectivity index (χ4n) is 4.50. The summed E-state index contributed by atoms with van der Waals surface area (Å²) in [6, 6.07) is 17.3. The summed E-state index contributed by atoms with van der Waals surface area (Å²) in [7, 11) is 1.68. The SMILES string of the molecule is CCc1nn(C2CCCC2)c2cc(-c3ccnn3-c3ccc(OC)cc3)ccc12. The highest BCUT2D eigenvalue weighted by Crippen LogP contribution is 2.35. The van der Waals surface area contributed by atoms with Crippen LogP contribution in [0, 0.1) is 0 Å². The molecule has 4 aromatic rings. The van der Waals surface area contributed by atoms with Crippen LogP contribution in [0.25, 0.3) is 27.8 Å². The summed E-state index contributed by atoms with van der Waals surface area (Å²) in [5.41, 5.74) is 5.70. The van der Waals surface area contributed by atoms with E-state index >= 15 is 0 Å². The van der Waals surface area contributed by atoms with Crippen molar-refractivity contribution in [1.82, 2.24) is 19.6 Å². The number of aryl methyl sites for hydroxylation is 1. The topological polar surface area (TPSA) is 44.9 Å². The van der Waals surface area contributed by atoms with E-state index in [4.69, 9.17) is 9.84 Å². The predicted molar refractivity (Wildman–Crippen MR) is 116 cm³/mol. The molecular weight excluding hydrogens is 360 g/mol. The summed E-state index contributed by atoms with van der Waals surface area (Å²) >= 11 is 0. The first-order valence-electron chi connectivity index (χ1n) is 10.5. The Labute approximate surface area is 170 Å². The van der Waals surface area contributed by atoms with Crippen LogP contribution >= 0.6 is 0 Å². The zero-order chi connectivity index (χ0) is 19.8. The Hall–Kier alpha value is -3.08. The zero-order valence-electron chi connectivity index (χ0n) is 17.0. The lowest BCUT2D eigenvalue weighted by Crippen LogP contribution is -2.06. The molecule has 0 saturated heterocycles. The largest absolute Gasteiger partial charge is 0.497 e. The minimum atomic E-state index is 0.527. The van der Waals surface area contributed by atoms with Crippen molar-refractivity contribution in [1.29, 1.82) is 0 Å². The van der Waals surface area contributed by atoms with Gasteiger partial charge in [0.05, 0.1) is 41.9 Å². The smallest absolute Gasteiger partial charge is 0.119 e. The van der Waals surface area contributed by atoms with Gasteiger partial charge in [-0.2, -0.15) is 10.2 Å². The Morgan fingerprint density at radius 2 is 1.83 bits per heavy atom. The first kappa shape index (κ1) is 18.0. The Bertz CT molecular complexity index is 1130. The van der Waals surface area contributed by atoms with Crippen LogP contribution in [0.15, 0.2) is 54.7 Å². The molecule has 1 aliphatic carbocycles. The lowest BCUT2D eigenvalue weighted by Gasteiger charge is -2.13. The molecule has 0 atom stereocenters. The maximum absolute atomic E-state index is 5.29. The van der Waals surface area contributed by atoms with Gasteiger partial charge in [-0.1, -0.05) is 31.9 Å². The third kappa shape index (κ3) is 3.11. The Morgan fingerprint density at radius 3 is 2.55 bits per heavy atom. The van der Waals surface area contributed by atoms with Gasteiger partial charge in [-0.3, -0.25) is 4.68 Å². The molecule has 1 fully saturated rings. The zero-order valence-corrected chi connectivity index (χ0v) is 17.0. The minimum absolute atomic E-state index is 0.527. The summed E-state index contributed by atoms with van der Waals surface area (Å²) in [4.78, 5) is 0. The monoisotopic (exact) mass is 386 g/mol. The summed E-state index contributed by atoms with van der Waals surface area (Å²) in [5.74, 6) is 0.844. The lowest BCUT2D eigenvalue weighted by atomic mass is 10.1. The van der Waals surface area contributed by atoms with Gasteiger partial charge in [-0.25, -0.2) is 4.68 Å². The standard InChI is InChI=1S/C24H26N4O/c1-3-22-21-13-8-17(16-24(21)28(26-22)18-6-4-5-7-18)23-14-15-25-27(23)19-9-11-20(29-2)12-10-19/h8-16,18H,3-7H2,1-2H3. The summed E-state index contributed by atoms with van der Waals surface area (Å²) < 4.78 is 9.56. The van der Waals surface area contributed by atoms with Gasteiger partial charge in [-0.15, -0.1) is 0 Å². The van der Waals surface area contributed by atoms with E-state index in [9.17, 15) is 0 Å². The number of methoxy groups -OCH3 is 1. The summed E-state index contributed by atoms with van der Waals surface area (Å²) in [6.07, 6.45) is 7.88. The molecule has 0 bridgehead atoms. The van der Waals surface area contributed by atoms with Crippen molar-refractivity contribution in [3.8, 4) is 22.7 Å². The van der Waals surface area contributed by atoms with E-state index in [-0.39, 0.29) is 0 Å². The van der Waals surface area contributed by atoms with Gasteiger partial charge in [0.25, 0.3) is 0 Å². The molecule has 0 amide bonds. The van der Waals surface area contributed by atoms with Crippen molar-refractivity contribution in [3.05, 3.63) is 60.4 Å². The molecule has 2 aromatic heterocycles. The molecule has 148 valence electrons. The van der Waals surface area contributed by atoms with Crippen LogP contribution in [0.2, 0.25) is 0 Å². The molecule has 2 heterocycles. The molecule has 0 radical (unpaired) electrons. The molecule has 1 saturated carbocycles. The van der Waals surface area contributed by atoms with Crippen molar-refractivity contribution in [2.24, 2.45) is 0 Å². The highest BCUT2D eigenvalue weighted by Gasteiger charge is 2.22. The van der Waals surface area contributed by atoms with Crippen LogP contribution < -0.4 is 4.74 Å². The van der Waals surface area contributed by atoms with Crippen molar-refractivity contribution in [2.75, 3.05) is 7.11 Å². The second-order valence-corrected chi connectivity index (χ2v) is 7.74. The highest BCUT2D eigenvalue weighted by molar-refractivity contribution is 5.86. The van der Waals surface area contributed by atoms with Gasteiger partial charge in [0.2, 0.25) is 0 Å². The third-order valence-electron chi connectivity index (χ3n) is 6.04. The second-order valence-electron chi connectivity index (χ2n) is 7.74. The average Bonchev–Trinajstić information content (AvgIpc) is 3.52. The fraction of sp³-hybridized carbons (Fsp3) is 0.333. The van der Waals surface area contributed by atoms with Gasteiger partial charge in [0.1, 0.15) is 5.75 Å². The number of nitrogens with zero attached hydrogens (tertiary/aromatic N) is 4. The Morgan fingerprint density at radius 1 is 1.03 bits per heavy atom. The van der Waals surface area contributed by atoms with Crippen LogP contribution in [0.3, 0.4) is 0 Å². The lowest BCUT2D eigenvalue weighted by molar-refractivity contribution is 0.414. The molecule has 2 aromatic carbocycles. The van der Waals surface area contributed by atoms with Gasteiger partial charge in [0.15, 0.2) is 0 Å². The third-order valence-corrected chi connectivity index (χ3v) is 6.04. The molecular formula is C24H26N4O. The molecule has 5 nitrogen and oxygen atoms in total. The van der Waals surface area contributed by atoms with E-state index in [0.717, 1.165) is 29.1 Å². The second kappa shape index (κ2) is 7.39. The molecule has 0 N–H and O–H groups in total. The van der Waals surface area contributed by atoms with Crippen molar-refractivity contribution in [2.45, 2.75) is 45.1 Å². The van der Waals surface area contributed by atoms with E-state index < -0.39 is 0 Å². The van der Waals surface area contributed by atoms with E-state index in [0.29, 0.717) is 6.04 Å². The first-order valence-corrected chi connectivity index (χ1v) is 10.5. The van der Waals surface area contributed by atoms with Crippen LogP contribution in [-0.4, -0.2) is 26.7 Å². The highest BCUT2D eigenvalue weighted by atomic mass is 16.5. The number of benzene rings is 2. The number of fused-ring (bicyclic) bond motifs is 1. The molecule has 5 heteroatoms. The average molecular weight is 386 g/mol. The van der Waals surface area contributed by atoms with E-state index in [1.54, 1.807) is 7.11 Å². The first-order chi connectivity index (χ1) is 14.3. The number of rotatable bonds is 5. The number of ether oxygens (including phenoxy) is 1.